The first-order valence-corrected chi connectivity index (χ1v) is 14.4. The molecule has 3 aromatic carbocycles. The number of aliphatic hydroxyl groups excluding tert-OH is 1. The van der Waals surface area contributed by atoms with E-state index in [1.165, 1.54) is 5.56 Å². The maximum atomic E-state index is 13.4. The van der Waals surface area contributed by atoms with Crippen molar-refractivity contribution in [3.63, 3.8) is 0 Å². The normalized spacial score (nSPS) is 17.0. The number of aryl methyl sites for hydroxylation is 1. The molecule has 0 spiro atoms. The molecule has 1 heterocycles. The monoisotopic (exact) mass is 554 g/mol. The molecule has 1 aliphatic rings. The second-order valence-corrected chi connectivity index (χ2v) is 11.7. The van der Waals surface area contributed by atoms with Crippen molar-refractivity contribution < 1.29 is 19.4 Å². The SMILES string of the molecule is CCN(CC)CCN1C(=O)C(=O)/C(=C(/O)c2ccc(OCc3cccc(C)c3)cc2)C1c1ccc(C(C)(C)C)cc1. The van der Waals surface area contributed by atoms with E-state index in [0.717, 1.165) is 29.8 Å². The average molecular weight is 555 g/mol. The number of likely N-dealkylation sites (N-methyl/N-ethyl adjacent to an activating group) is 1. The Balaban J connectivity index is 1.66. The molecule has 1 amide bonds. The molecule has 0 aliphatic carbocycles. The van der Waals surface area contributed by atoms with Crippen LogP contribution in [0.3, 0.4) is 0 Å². The van der Waals surface area contributed by atoms with Crippen molar-refractivity contribution >= 4 is 17.4 Å². The summed E-state index contributed by atoms with van der Waals surface area (Å²) in [6.45, 7) is 15.8. The van der Waals surface area contributed by atoms with E-state index in [1.54, 1.807) is 29.2 Å². The summed E-state index contributed by atoms with van der Waals surface area (Å²) in [7, 11) is 0. The van der Waals surface area contributed by atoms with Crippen LogP contribution >= 0.6 is 0 Å². The summed E-state index contributed by atoms with van der Waals surface area (Å²) in [5.74, 6) is -0.769. The number of aliphatic hydroxyl groups is 1. The Morgan fingerprint density at radius 3 is 2.20 bits per heavy atom. The molecule has 0 aromatic heterocycles. The fourth-order valence-corrected chi connectivity index (χ4v) is 5.24. The summed E-state index contributed by atoms with van der Waals surface area (Å²) in [5.41, 5.74) is 4.74. The molecule has 1 atom stereocenters. The highest BCUT2D eigenvalue weighted by Gasteiger charge is 2.46. The number of nitrogens with zero attached hydrogens (tertiary/aromatic N) is 2. The Hall–Kier alpha value is -3.90. The third-order valence-electron chi connectivity index (χ3n) is 7.80. The van der Waals surface area contributed by atoms with Crippen molar-refractivity contribution in [2.45, 2.75) is 59.6 Å². The van der Waals surface area contributed by atoms with Gasteiger partial charge in [0.1, 0.15) is 18.1 Å². The van der Waals surface area contributed by atoms with E-state index in [4.69, 9.17) is 4.74 Å². The predicted octanol–water partition coefficient (Wildman–Crippen LogP) is 6.64. The van der Waals surface area contributed by atoms with Crippen LogP contribution < -0.4 is 4.74 Å². The van der Waals surface area contributed by atoms with E-state index in [-0.39, 0.29) is 16.7 Å². The predicted molar refractivity (Wildman–Crippen MR) is 164 cm³/mol. The molecule has 0 radical (unpaired) electrons. The van der Waals surface area contributed by atoms with Gasteiger partial charge >= 0.3 is 0 Å². The van der Waals surface area contributed by atoms with E-state index in [1.807, 2.05) is 49.4 Å². The number of hydrogen-bond donors (Lipinski definition) is 1. The maximum absolute atomic E-state index is 13.4. The van der Waals surface area contributed by atoms with Gasteiger partial charge in [0.15, 0.2) is 0 Å². The largest absolute Gasteiger partial charge is 0.507 e. The molecule has 6 nitrogen and oxygen atoms in total. The maximum Gasteiger partial charge on any atom is 0.295 e. The molecular weight excluding hydrogens is 512 g/mol. The van der Waals surface area contributed by atoms with Crippen LogP contribution in [0.5, 0.6) is 5.75 Å². The second kappa shape index (κ2) is 12.7. The zero-order valence-electron chi connectivity index (χ0n) is 25.1. The lowest BCUT2D eigenvalue weighted by molar-refractivity contribution is -0.140. The molecule has 216 valence electrons. The summed E-state index contributed by atoms with van der Waals surface area (Å²) in [6, 6.07) is 22.5. The highest BCUT2D eigenvalue weighted by atomic mass is 16.5. The number of hydrogen-bond acceptors (Lipinski definition) is 5. The number of benzene rings is 3. The quantitative estimate of drug-likeness (QED) is 0.173. The molecule has 1 fully saturated rings. The zero-order chi connectivity index (χ0) is 29.7. The topological polar surface area (TPSA) is 70.1 Å². The first-order valence-electron chi connectivity index (χ1n) is 14.4. The van der Waals surface area contributed by atoms with Gasteiger partial charge in [-0.3, -0.25) is 9.59 Å². The number of likely N-dealkylation sites (tertiary alicyclic amines) is 1. The van der Waals surface area contributed by atoms with Crippen molar-refractivity contribution in [2.75, 3.05) is 26.2 Å². The lowest BCUT2D eigenvalue weighted by atomic mass is 9.85. The van der Waals surface area contributed by atoms with Gasteiger partial charge < -0.3 is 19.6 Å². The number of rotatable bonds is 10. The fourth-order valence-electron chi connectivity index (χ4n) is 5.24. The Kier molecular flexibility index (Phi) is 9.34. The van der Waals surface area contributed by atoms with Gasteiger partial charge in [0.05, 0.1) is 11.6 Å². The summed E-state index contributed by atoms with van der Waals surface area (Å²) >= 11 is 0. The number of Topliss-reactive ketones (excluding diaryl/α,β-unsaturated/α-hetero) is 1. The summed E-state index contributed by atoms with van der Waals surface area (Å²) in [5, 5.41) is 11.5. The van der Waals surface area contributed by atoms with Gasteiger partial charge in [-0.25, -0.2) is 0 Å². The number of ether oxygens (including phenoxy) is 1. The molecule has 4 rings (SSSR count). The minimum absolute atomic E-state index is 0.0355. The van der Waals surface area contributed by atoms with Crippen molar-refractivity contribution in [1.29, 1.82) is 0 Å². The van der Waals surface area contributed by atoms with Crippen LogP contribution in [0.15, 0.2) is 78.4 Å². The Labute approximate surface area is 244 Å². The van der Waals surface area contributed by atoms with Crippen LogP contribution in [0, 0.1) is 6.92 Å². The number of carbonyl (C=O) groups is 2. The van der Waals surface area contributed by atoms with Crippen molar-refractivity contribution in [1.82, 2.24) is 9.80 Å². The lowest BCUT2D eigenvalue weighted by Crippen LogP contribution is -2.38. The standard InChI is InChI=1S/C35H42N2O4/c1-7-36(8-2)20-21-37-31(26-12-16-28(17-13-26)35(4,5)6)30(33(39)34(37)40)32(38)27-14-18-29(19-15-27)41-23-25-11-9-10-24(3)22-25/h9-19,22,31,38H,7-8,20-21,23H2,1-6H3/b32-30+. The van der Waals surface area contributed by atoms with E-state index in [2.05, 4.69) is 45.6 Å². The van der Waals surface area contributed by atoms with Gasteiger partial charge in [-0.2, -0.15) is 0 Å². The van der Waals surface area contributed by atoms with Gasteiger partial charge in [-0.05, 0) is 66.4 Å². The molecule has 41 heavy (non-hydrogen) atoms. The van der Waals surface area contributed by atoms with Gasteiger partial charge in [-0.15, -0.1) is 0 Å². The first kappa shape index (κ1) is 30.1. The van der Waals surface area contributed by atoms with Crippen molar-refractivity contribution in [3.05, 3.63) is 106 Å². The van der Waals surface area contributed by atoms with Crippen LogP contribution in [-0.2, 0) is 21.6 Å². The zero-order valence-corrected chi connectivity index (χ0v) is 25.1. The number of amides is 1. The third kappa shape index (κ3) is 6.88. The molecule has 0 saturated carbocycles. The molecule has 1 saturated heterocycles. The lowest BCUT2D eigenvalue weighted by Gasteiger charge is -2.28. The molecule has 1 N–H and O–H groups in total. The number of ketones is 1. The van der Waals surface area contributed by atoms with E-state index in [9.17, 15) is 14.7 Å². The van der Waals surface area contributed by atoms with Gasteiger partial charge in [-0.1, -0.05) is 88.7 Å². The summed E-state index contributed by atoms with van der Waals surface area (Å²) in [6.07, 6.45) is 0. The Morgan fingerprint density at radius 1 is 0.951 bits per heavy atom. The second-order valence-electron chi connectivity index (χ2n) is 11.7. The minimum Gasteiger partial charge on any atom is -0.507 e. The van der Waals surface area contributed by atoms with Crippen LogP contribution in [-0.4, -0.2) is 52.8 Å². The van der Waals surface area contributed by atoms with Crippen LogP contribution in [0.25, 0.3) is 5.76 Å². The minimum atomic E-state index is -0.670. The summed E-state index contributed by atoms with van der Waals surface area (Å²) in [4.78, 5) is 30.6. The number of carbonyl (C=O) groups excluding carboxylic acids is 2. The fraction of sp³-hybridized carbons (Fsp3) is 0.371. The van der Waals surface area contributed by atoms with Crippen LogP contribution in [0.4, 0.5) is 0 Å². The van der Waals surface area contributed by atoms with E-state index >= 15 is 0 Å². The molecule has 0 bridgehead atoms. The van der Waals surface area contributed by atoms with Gasteiger partial charge in [0.25, 0.3) is 11.7 Å². The highest BCUT2D eigenvalue weighted by Crippen LogP contribution is 2.40. The van der Waals surface area contributed by atoms with Crippen molar-refractivity contribution in [2.24, 2.45) is 0 Å². The Bertz CT molecular complexity index is 1400. The smallest absolute Gasteiger partial charge is 0.295 e. The average Bonchev–Trinajstić information content (AvgIpc) is 3.21. The van der Waals surface area contributed by atoms with Gasteiger partial charge in [0.2, 0.25) is 0 Å². The Morgan fingerprint density at radius 2 is 1.61 bits per heavy atom. The third-order valence-corrected chi connectivity index (χ3v) is 7.80. The van der Waals surface area contributed by atoms with Crippen molar-refractivity contribution in [3.8, 4) is 5.75 Å². The van der Waals surface area contributed by atoms with E-state index in [0.29, 0.717) is 31.0 Å². The first-order chi connectivity index (χ1) is 19.5. The highest BCUT2D eigenvalue weighted by molar-refractivity contribution is 6.46. The summed E-state index contributed by atoms with van der Waals surface area (Å²) < 4.78 is 5.94. The van der Waals surface area contributed by atoms with Gasteiger partial charge in [0, 0.05) is 18.7 Å². The molecule has 6 heteroatoms. The molecule has 1 unspecified atom stereocenters. The molecule has 3 aromatic rings. The van der Waals surface area contributed by atoms with Crippen LogP contribution in [0.1, 0.15) is 68.5 Å². The molecular formula is C35H42N2O4. The molecule has 1 aliphatic heterocycles. The van der Waals surface area contributed by atoms with E-state index < -0.39 is 17.7 Å². The van der Waals surface area contributed by atoms with Crippen LogP contribution in [0.2, 0.25) is 0 Å².